The van der Waals surface area contributed by atoms with Crippen LogP contribution in [-0.4, -0.2) is 9.13 Å². The Morgan fingerprint density at radius 2 is 0.589 bits per heavy atom. The summed E-state index contributed by atoms with van der Waals surface area (Å²) in [6, 6.07) is 79.4. The molecule has 0 amide bonds. The second-order valence-electron chi connectivity index (χ2n) is 14.6. The van der Waals surface area contributed by atoms with Crippen LogP contribution in [0.2, 0.25) is 0 Å². The van der Waals surface area contributed by atoms with Crippen LogP contribution in [0.25, 0.3) is 99.5 Å². The molecule has 2 heteroatoms. The molecule has 56 heavy (non-hydrogen) atoms. The number of para-hydroxylation sites is 3. The maximum Gasteiger partial charge on any atom is 0.0547 e. The Bertz CT molecular complexity index is 3150. The topological polar surface area (TPSA) is 9.86 Å². The summed E-state index contributed by atoms with van der Waals surface area (Å²) in [5, 5.41) is 5.03. The average molecular weight is 713 g/mol. The number of nitrogens with zero attached hydrogens (tertiary/aromatic N) is 2. The molecule has 262 valence electrons. The van der Waals surface area contributed by atoms with Gasteiger partial charge in [0.1, 0.15) is 0 Å². The standard InChI is InChI=1S/C54H36N2/c1-3-12-37(13-4-1)38-22-24-39(25-23-38)41-14-11-15-42(34-41)44-28-32-49-50-35-43(29-33-53(50)56(54(49)36-44)45-16-5-2-6-17-45)40-26-30-46(31-27-40)55-51-20-9-7-18-47(51)48-19-8-10-21-52(48)55/h1-36H. The highest BCUT2D eigenvalue weighted by molar-refractivity contribution is 6.12. The van der Waals surface area contributed by atoms with Gasteiger partial charge in [-0.2, -0.15) is 0 Å². The Hall–Kier alpha value is -7.42. The highest BCUT2D eigenvalue weighted by atomic mass is 15.0. The van der Waals surface area contributed by atoms with Gasteiger partial charge in [0.05, 0.1) is 22.1 Å². The number of hydrogen-bond acceptors (Lipinski definition) is 0. The predicted molar refractivity (Wildman–Crippen MR) is 237 cm³/mol. The van der Waals surface area contributed by atoms with Gasteiger partial charge >= 0.3 is 0 Å². The second-order valence-corrected chi connectivity index (χ2v) is 14.6. The van der Waals surface area contributed by atoms with Gasteiger partial charge in [-0.1, -0.05) is 158 Å². The first-order valence-electron chi connectivity index (χ1n) is 19.3. The van der Waals surface area contributed by atoms with E-state index >= 15 is 0 Å². The first-order valence-corrected chi connectivity index (χ1v) is 19.3. The predicted octanol–water partition coefficient (Wildman–Crippen LogP) is 14.5. The van der Waals surface area contributed by atoms with Gasteiger partial charge in [0.25, 0.3) is 0 Å². The van der Waals surface area contributed by atoms with E-state index in [2.05, 4.69) is 228 Å². The molecule has 0 atom stereocenters. The maximum absolute atomic E-state index is 2.41. The molecule has 2 nitrogen and oxygen atoms in total. The molecule has 0 saturated carbocycles. The largest absolute Gasteiger partial charge is 0.309 e. The molecule has 11 aromatic rings. The van der Waals surface area contributed by atoms with E-state index in [1.54, 1.807) is 0 Å². The molecule has 2 aromatic heterocycles. The monoisotopic (exact) mass is 712 g/mol. The van der Waals surface area contributed by atoms with Crippen LogP contribution in [0.3, 0.4) is 0 Å². The fraction of sp³-hybridized carbons (Fsp3) is 0. The Morgan fingerprint density at radius 3 is 1.27 bits per heavy atom. The highest BCUT2D eigenvalue weighted by Gasteiger charge is 2.16. The molecule has 11 rings (SSSR count). The van der Waals surface area contributed by atoms with Crippen molar-refractivity contribution in [2.24, 2.45) is 0 Å². The minimum absolute atomic E-state index is 1.15. The third-order valence-electron chi connectivity index (χ3n) is 11.3. The molecule has 0 aliphatic rings. The Kier molecular flexibility index (Phi) is 7.53. The van der Waals surface area contributed by atoms with Crippen LogP contribution in [0.15, 0.2) is 218 Å². The van der Waals surface area contributed by atoms with Crippen molar-refractivity contribution < 1.29 is 0 Å². The summed E-state index contributed by atoms with van der Waals surface area (Å²) in [6.45, 7) is 0. The van der Waals surface area contributed by atoms with Gasteiger partial charge in [-0.3, -0.25) is 0 Å². The van der Waals surface area contributed by atoms with Crippen molar-refractivity contribution in [3.05, 3.63) is 218 Å². The minimum atomic E-state index is 1.15. The molecule has 0 fully saturated rings. The molecule has 2 heterocycles. The van der Waals surface area contributed by atoms with Gasteiger partial charge in [-0.05, 0) is 105 Å². The zero-order valence-corrected chi connectivity index (χ0v) is 30.7. The van der Waals surface area contributed by atoms with E-state index in [1.165, 1.54) is 88.1 Å². The van der Waals surface area contributed by atoms with Crippen LogP contribution in [-0.2, 0) is 0 Å². The van der Waals surface area contributed by atoms with Crippen LogP contribution in [0.5, 0.6) is 0 Å². The molecule has 0 unspecified atom stereocenters. The molecule has 0 aliphatic carbocycles. The van der Waals surface area contributed by atoms with Crippen molar-refractivity contribution in [2.45, 2.75) is 0 Å². The van der Waals surface area contributed by atoms with E-state index in [9.17, 15) is 0 Å². The highest BCUT2D eigenvalue weighted by Crippen LogP contribution is 2.39. The van der Waals surface area contributed by atoms with Crippen molar-refractivity contribution in [3.8, 4) is 55.9 Å². The van der Waals surface area contributed by atoms with Crippen LogP contribution >= 0.6 is 0 Å². The fourth-order valence-electron chi connectivity index (χ4n) is 8.60. The van der Waals surface area contributed by atoms with Gasteiger partial charge in [-0.25, -0.2) is 0 Å². The minimum Gasteiger partial charge on any atom is -0.309 e. The number of hydrogen-bond donors (Lipinski definition) is 0. The van der Waals surface area contributed by atoms with Crippen molar-refractivity contribution in [1.82, 2.24) is 9.13 Å². The van der Waals surface area contributed by atoms with E-state index in [-0.39, 0.29) is 0 Å². The molecule has 0 radical (unpaired) electrons. The quantitative estimate of drug-likeness (QED) is 0.162. The number of aromatic nitrogens is 2. The number of rotatable bonds is 6. The Labute approximate surface area is 325 Å². The summed E-state index contributed by atoms with van der Waals surface area (Å²) in [4.78, 5) is 0. The molecule has 0 spiro atoms. The van der Waals surface area contributed by atoms with E-state index < -0.39 is 0 Å². The normalized spacial score (nSPS) is 11.6. The van der Waals surface area contributed by atoms with Gasteiger partial charge in [0.15, 0.2) is 0 Å². The first kappa shape index (κ1) is 32.0. The lowest BCUT2D eigenvalue weighted by molar-refractivity contribution is 1.18. The summed E-state index contributed by atoms with van der Waals surface area (Å²) in [7, 11) is 0. The zero-order valence-electron chi connectivity index (χ0n) is 30.7. The molecular weight excluding hydrogens is 677 g/mol. The molecule has 9 aromatic carbocycles. The van der Waals surface area contributed by atoms with Crippen molar-refractivity contribution >= 4 is 43.6 Å². The molecule has 0 saturated heterocycles. The Morgan fingerprint density at radius 1 is 0.196 bits per heavy atom. The number of benzene rings is 9. The van der Waals surface area contributed by atoms with Gasteiger partial charge < -0.3 is 9.13 Å². The fourth-order valence-corrected chi connectivity index (χ4v) is 8.60. The lowest BCUT2D eigenvalue weighted by Gasteiger charge is -2.11. The zero-order chi connectivity index (χ0) is 37.0. The van der Waals surface area contributed by atoms with Crippen molar-refractivity contribution in [3.63, 3.8) is 0 Å². The second kappa shape index (κ2) is 13.2. The Balaban J connectivity index is 0.988. The molecule has 0 N–H and O–H groups in total. The van der Waals surface area contributed by atoms with Crippen LogP contribution < -0.4 is 0 Å². The van der Waals surface area contributed by atoms with Gasteiger partial charge in [0, 0.05) is 32.9 Å². The number of fused-ring (bicyclic) bond motifs is 6. The van der Waals surface area contributed by atoms with Crippen LogP contribution in [0.1, 0.15) is 0 Å². The lowest BCUT2D eigenvalue weighted by Crippen LogP contribution is -1.94. The van der Waals surface area contributed by atoms with E-state index in [0.29, 0.717) is 0 Å². The van der Waals surface area contributed by atoms with E-state index in [1.807, 2.05) is 0 Å². The smallest absolute Gasteiger partial charge is 0.0547 e. The third-order valence-corrected chi connectivity index (χ3v) is 11.3. The molecule has 0 bridgehead atoms. The average Bonchev–Trinajstić information content (AvgIpc) is 3.79. The summed E-state index contributed by atoms with van der Waals surface area (Å²) < 4.78 is 4.79. The van der Waals surface area contributed by atoms with E-state index in [4.69, 9.17) is 0 Å². The molecule has 0 aliphatic heterocycles. The summed E-state index contributed by atoms with van der Waals surface area (Å²) in [6.07, 6.45) is 0. The van der Waals surface area contributed by atoms with Crippen molar-refractivity contribution in [1.29, 1.82) is 0 Å². The first-order chi connectivity index (χ1) is 27.8. The summed E-state index contributed by atoms with van der Waals surface area (Å²) in [5.74, 6) is 0. The maximum atomic E-state index is 2.41. The summed E-state index contributed by atoms with van der Waals surface area (Å²) >= 11 is 0. The summed E-state index contributed by atoms with van der Waals surface area (Å²) in [5.41, 5.74) is 16.8. The van der Waals surface area contributed by atoms with Crippen LogP contribution in [0, 0.1) is 0 Å². The van der Waals surface area contributed by atoms with Crippen LogP contribution in [0.4, 0.5) is 0 Å². The van der Waals surface area contributed by atoms with Gasteiger partial charge in [-0.15, -0.1) is 0 Å². The third kappa shape index (κ3) is 5.34. The molecular formula is C54H36N2. The SMILES string of the molecule is c1ccc(-c2ccc(-c3cccc(-c4ccc5c6cc(-c7ccc(-n8c9ccccc9c9ccccc98)cc7)ccc6n(-c6ccccc6)c5c4)c3)cc2)cc1. The van der Waals surface area contributed by atoms with Crippen molar-refractivity contribution in [2.75, 3.05) is 0 Å². The lowest BCUT2D eigenvalue weighted by atomic mass is 9.96. The van der Waals surface area contributed by atoms with E-state index in [0.717, 1.165) is 11.4 Å². The van der Waals surface area contributed by atoms with Gasteiger partial charge in [0.2, 0.25) is 0 Å².